The maximum absolute atomic E-state index is 11.8. The third-order valence-electron chi connectivity index (χ3n) is 3.03. The highest BCUT2D eigenvalue weighted by atomic mass is 16.4. The normalized spacial score (nSPS) is 21.9. The van der Waals surface area contributed by atoms with Crippen LogP contribution in [-0.2, 0) is 14.4 Å². The van der Waals surface area contributed by atoms with Crippen molar-refractivity contribution in [3.05, 3.63) is 0 Å². The first kappa shape index (κ1) is 14.5. The van der Waals surface area contributed by atoms with E-state index < -0.39 is 17.9 Å². The largest absolute Gasteiger partial charge is 0.480 e. The second kappa shape index (κ2) is 4.96. The van der Waals surface area contributed by atoms with Crippen molar-refractivity contribution in [1.82, 2.24) is 10.2 Å². The first-order valence-electron chi connectivity index (χ1n) is 5.96. The number of nitrogens with zero attached hydrogens (tertiary/aromatic N) is 1. The molecule has 0 aromatic carbocycles. The van der Waals surface area contributed by atoms with Gasteiger partial charge in [0, 0.05) is 18.5 Å². The van der Waals surface area contributed by atoms with Gasteiger partial charge in [0.25, 0.3) is 0 Å². The van der Waals surface area contributed by atoms with Gasteiger partial charge >= 0.3 is 5.97 Å². The van der Waals surface area contributed by atoms with Gasteiger partial charge in [0.05, 0.1) is 5.92 Å². The zero-order chi connectivity index (χ0) is 14.1. The number of aliphatic carboxylic acids is 1. The maximum Gasteiger partial charge on any atom is 0.325 e. The fourth-order valence-electron chi connectivity index (χ4n) is 1.92. The molecule has 0 aliphatic carbocycles. The van der Waals surface area contributed by atoms with Crippen molar-refractivity contribution in [3.8, 4) is 0 Å². The number of carbonyl (C=O) groups excluding carboxylic acids is 2. The van der Waals surface area contributed by atoms with Gasteiger partial charge in [0.1, 0.15) is 6.04 Å². The summed E-state index contributed by atoms with van der Waals surface area (Å²) >= 11 is 0. The highest BCUT2D eigenvalue weighted by Crippen LogP contribution is 2.25. The molecule has 1 fully saturated rings. The molecule has 6 nitrogen and oxygen atoms in total. The van der Waals surface area contributed by atoms with Crippen LogP contribution in [0, 0.1) is 5.92 Å². The smallest absolute Gasteiger partial charge is 0.325 e. The van der Waals surface area contributed by atoms with Gasteiger partial charge < -0.3 is 15.3 Å². The van der Waals surface area contributed by atoms with E-state index >= 15 is 0 Å². The number of hydrogen-bond acceptors (Lipinski definition) is 3. The van der Waals surface area contributed by atoms with E-state index in [4.69, 9.17) is 5.11 Å². The summed E-state index contributed by atoms with van der Waals surface area (Å²) in [7, 11) is 0. The minimum Gasteiger partial charge on any atom is -0.480 e. The third kappa shape index (κ3) is 3.21. The first-order chi connectivity index (χ1) is 8.12. The molecular formula is C12H20N2O4. The Bertz CT molecular complexity index is 373. The lowest BCUT2D eigenvalue weighted by Gasteiger charge is -2.32. The van der Waals surface area contributed by atoms with Gasteiger partial charge in [0.15, 0.2) is 0 Å². The zero-order valence-electron chi connectivity index (χ0n) is 11.2. The van der Waals surface area contributed by atoms with E-state index in [1.807, 2.05) is 20.8 Å². The number of hydrogen-bond donors (Lipinski definition) is 2. The van der Waals surface area contributed by atoms with Crippen LogP contribution in [0.4, 0.5) is 0 Å². The molecule has 0 radical (unpaired) electrons. The zero-order valence-corrected chi connectivity index (χ0v) is 11.2. The maximum atomic E-state index is 11.8. The minimum atomic E-state index is -1.08. The van der Waals surface area contributed by atoms with E-state index in [0.717, 1.165) is 0 Å². The Morgan fingerprint density at radius 3 is 2.39 bits per heavy atom. The number of amides is 2. The summed E-state index contributed by atoms with van der Waals surface area (Å²) in [4.78, 5) is 35.9. The average Bonchev–Trinajstić information content (AvgIpc) is 2.59. The average molecular weight is 256 g/mol. The second-order valence-corrected chi connectivity index (χ2v) is 5.64. The molecule has 6 heteroatoms. The van der Waals surface area contributed by atoms with Gasteiger partial charge in [-0.25, -0.2) is 0 Å². The fraction of sp³-hybridized carbons (Fsp3) is 0.750. The summed E-state index contributed by atoms with van der Waals surface area (Å²) in [6.07, 6.45) is 0.148. The standard InChI is InChI=1S/C12H20N2O4/c1-7(11(17)18)13-10(16)8-5-9(15)14(6-8)12(2,3)4/h7-8H,5-6H2,1-4H3,(H,13,16)(H,17,18). The van der Waals surface area contributed by atoms with Crippen LogP contribution in [0.3, 0.4) is 0 Å². The molecule has 2 unspecified atom stereocenters. The molecule has 1 saturated heterocycles. The van der Waals surface area contributed by atoms with E-state index in [-0.39, 0.29) is 23.8 Å². The number of nitrogens with one attached hydrogen (secondary N) is 1. The number of carboxylic acid groups (broad SMARTS) is 1. The molecule has 0 saturated carbocycles. The molecule has 2 N–H and O–H groups in total. The summed E-state index contributed by atoms with van der Waals surface area (Å²) in [6, 6.07) is -0.934. The van der Waals surface area contributed by atoms with Crippen molar-refractivity contribution in [1.29, 1.82) is 0 Å². The van der Waals surface area contributed by atoms with E-state index in [0.29, 0.717) is 6.54 Å². The lowest BCUT2D eigenvalue weighted by atomic mass is 10.1. The van der Waals surface area contributed by atoms with Crippen LogP contribution < -0.4 is 5.32 Å². The Morgan fingerprint density at radius 2 is 2.00 bits per heavy atom. The number of carbonyl (C=O) groups is 3. The van der Waals surface area contributed by atoms with Crippen LogP contribution in [0.5, 0.6) is 0 Å². The Labute approximate surface area is 106 Å². The van der Waals surface area contributed by atoms with Gasteiger partial charge in [-0.2, -0.15) is 0 Å². The van der Waals surface area contributed by atoms with Crippen LogP contribution >= 0.6 is 0 Å². The Morgan fingerprint density at radius 1 is 1.44 bits per heavy atom. The van der Waals surface area contributed by atoms with Gasteiger partial charge in [-0.15, -0.1) is 0 Å². The Balaban J connectivity index is 2.63. The van der Waals surface area contributed by atoms with Gasteiger partial charge in [-0.3, -0.25) is 14.4 Å². The molecule has 2 atom stereocenters. The number of rotatable bonds is 3. The van der Waals surface area contributed by atoms with Crippen LogP contribution in [0.1, 0.15) is 34.1 Å². The molecule has 0 spiro atoms. The quantitative estimate of drug-likeness (QED) is 0.756. The van der Waals surface area contributed by atoms with Crippen molar-refractivity contribution in [3.63, 3.8) is 0 Å². The lowest BCUT2D eigenvalue weighted by molar-refractivity contribution is -0.141. The molecule has 1 rings (SSSR count). The van der Waals surface area contributed by atoms with Crippen LogP contribution in [0.2, 0.25) is 0 Å². The van der Waals surface area contributed by atoms with Gasteiger partial charge in [-0.1, -0.05) is 0 Å². The van der Waals surface area contributed by atoms with Crippen LogP contribution in [-0.4, -0.2) is 45.9 Å². The van der Waals surface area contributed by atoms with Crippen LogP contribution in [0.15, 0.2) is 0 Å². The number of likely N-dealkylation sites (tertiary alicyclic amines) is 1. The molecule has 0 aromatic rings. The third-order valence-corrected chi connectivity index (χ3v) is 3.03. The monoisotopic (exact) mass is 256 g/mol. The molecular weight excluding hydrogens is 236 g/mol. The van der Waals surface area contributed by atoms with E-state index in [9.17, 15) is 14.4 Å². The summed E-state index contributed by atoms with van der Waals surface area (Å²) in [6.45, 7) is 7.47. The molecule has 102 valence electrons. The van der Waals surface area contributed by atoms with Crippen molar-refractivity contribution in [2.45, 2.75) is 45.7 Å². The molecule has 1 heterocycles. The topological polar surface area (TPSA) is 86.7 Å². The fourth-order valence-corrected chi connectivity index (χ4v) is 1.92. The molecule has 2 amide bonds. The lowest BCUT2D eigenvalue weighted by Crippen LogP contribution is -2.45. The summed E-state index contributed by atoms with van der Waals surface area (Å²) in [5.41, 5.74) is -0.315. The molecule has 1 aliphatic heterocycles. The van der Waals surface area contributed by atoms with E-state index in [1.54, 1.807) is 4.90 Å². The molecule has 18 heavy (non-hydrogen) atoms. The Hall–Kier alpha value is -1.59. The van der Waals surface area contributed by atoms with Gasteiger partial charge in [-0.05, 0) is 27.7 Å². The SMILES string of the molecule is CC(NC(=O)C1CC(=O)N(C(C)(C)C)C1)C(=O)O. The van der Waals surface area contributed by atoms with Gasteiger partial charge in [0.2, 0.25) is 11.8 Å². The molecule has 0 bridgehead atoms. The summed E-state index contributed by atoms with van der Waals surface area (Å²) in [5, 5.41) is 11.1. The van der Waals surface area contributed by atoms with Crippen molar-refractivity contribution in [2.75, 3.05) is 6.54 Å². The number of carboxylic acids is 1. The molecule has 1 aliphatic rings. The Kier molecular flexibility index (Phi) is 3.98. The first-order valence-corrected chi connectivity index (χ1v) is 5.96. The van der Waals surface area contributed by atoms with Crippen molar-refractivity contribution in [2.24, 2.45) is 5.92 Å². The van der Waals surface area contributed by atoms with E-state index in [1.165, 1.54) is 6.92 Å². The van der Waals surface area contributed by atoms with Crippen molar-refractivity contribution < 1.29 is 19.5 Å². The highest BCUT2D eigenvalue weighted by Gasteiger charge is 2.39. The van der Waals surface area contributed by atoms with E-state index in [2.05, 4.69) is 5.32 Å². The predicted octanol–water partition coefficient (Wildman–Crippen LogP) is 0.223. The highest BCUT2D eigenvalue weighted by molar-refractivity contribution is 5.91. The second-order valence-electron chi connectivity index (χ2n) is 5.64. The van der Waals surface area contributed by atoms with Crippen molar-refractivity contribution >= 4 is 17.8 Å². The minimum absolute atomic E-state index is 0.0642. The molecule has 0 aromatic heterocycles. The van der Waals surface area contributed by atoms with Crippen LogP contribution in [0.25, 0.3) is 0 Å². The predicted molar refractivity (Wildman–Crippen MR) is 64.8 cm³/mol. The summed E-state index contributed by atoms with van der Waals surface area (Å²) in [5.74, 6) is -1.98. The summed E-state index contributed by atoms with van der Waals surface area (Å²) < 4.78 is 0.